The number of aryl methyl sites for hydroxylation is 1. The number of benzene rings is 1. The van der Waals surface area contributed by atoms with Crippen molar-refractivity contribution in [3.05, 3.63) is 46.6 Å². The number of allylic oxidation sites excluding steroid dienone is 3. The van der Waals surface area contributed by atoms with Crippen LogP contribution in [0.25, 0.3) is 0 Å². The Morgan fingerprint density at radius 1 is 1.24 bits per heavy atom. The molecule has 158 valence electrons. The lowest BCUT2D eigenvalue weighted by Crippen LogP contribution is -2.27. The van der Waals surface area contributed by atoms with Gasteiger partial charge in [-0.1, -0.05) is 43.6 Å². The first kappa shape index (κ1) is 21.5. The predicted molar refractivity (Wildman–Crippen MR) is 118 cm³/mol. The fraction of sp³-hybridized carbons (Fsp3) is 0.560. The van der Waals surface area contributed by atoms with Gasteiger partial charge in [-0.2, -0.15) is 0 Å². The van der Waals surface area contributed by atoms with Crippen molar-refractivity contribution in [1.29, 1.82) is 0 Å². The summed E-state index contributed by atoms with van der Waals surface area (Å²) in [4.78, 5) is 13.0. The molecule has 0 radical (unpaired) electrons. The van der Waals surface area contributed by atoms with Gasteiger partial charge in [-0.25, -0.2) is 0 Å². The third-order valence-corrected chi connectivity index (χ3v) is 6.30. The number of nitrogens with one attached hydrogen (secondary N) is 1. The maximum Gasteiger partial charge on any atom is 0.255 e. The van der Waals surface area contributed by atoms with E-state index in [1.165, 1.54) is 5.57 Å². The first-order valence-electron chi connectivity index (χ1n) is 11.0. The third-order valence-electron chi connectivity index (χ3n) is 6.30. The van der Waals surface area contributed by atoms with Crippen LogP contribution in [0.1, 0.15) is 93.1 Å². The van der Waals surface area contributed by atoms with Gasteiger partial charge in [0, 0.05) is 17.5 Å². The second kappa shape index (κ2) is 9.06. The largest absolute Gasteiger partial charge is 0.507 e. The Morgan fingerprint density at radius 3 is 2.59 bits per heavy atom. The zero-order valence-electron chi connectivity index (χ0n) is 18.1. The normalized spacial score (nSPS) is 21.6. The van der Waals surface area contributed by atoms with Crippen molar-refractivity contribution >= 4 is 5.91 Å². The fourth-order valence-corrected chi connectivity index (χ4v) is 4.46. The Morgan fingerprint density at radius 2 is 1.97 bits per heavy atom. The Labute approximate surface area is 174 Å². The maximum absolute atomic E-state index is 13.0. The Bertz CT molecular complexity index is 820. The molecule has 1 fully saturated rings. The SMILES string of the molecule is C=C(C)C1CCC(C)=CC1c1c(O)cc(CCCCC)c(C(=O)NC2CC2)c1O. The summed E-state index contributed by atoms with van der Waals surface area (Å²) in [5, 5.41) is 25.2. The number of hydrogen-bond acceptors (Lipinski definition) is 3. The van der Waals surface area contributed by atoms with E-state index in [9.17, 15) is 15.0 Å². The van der Waals surface area contributed by atoms with Crippen molar-refractivity contribution < 1.29 is 15.0 Å². The van der Waals surface area contributed by atoms with E-state index in [0.717, 1.165) is 56.1 Å². The van der Waals surface area contributed by atoms with Gasteiger partial charge in [0.05, 0.1) is 5.56 Å². The van der Waals surface area contributed by atoms with Gasteiger partial charge in [-0.05, 0) is 69.9 Å². The average molecular weight is 398 g/mol. The molecule has 29 heavy (non-hydrogen) atoms. The van der Waals surface area contributed by atoms with Crippen molar-refractivity contribution in [1.82, 2.24) is 5.32 Å². The monoisotopic (exact) mass is 397 g/mol. The number of unbranched alkanes of at least 4 members (excludes halogenated alkanes) is 2. The van der Waals surface area contributed by atoms with Gasteiger partial charge >= 0.3 is 0 Å². The van der Waals surface area contributed by atoms with Gasteiger partial charge in [0.25, 0.3) is 5.91 Å². The zero-order valence-corrected chi connectivity index (χ0v) is 18.1. The van der Waals surface area contributed by atoms with Crippen LogP contribution < -0.4 is 5.32 Å². The number of amides is 1. The minimum atomic E-state index is -0.221. The molecule has 3 N–H and O–H groups in total. The van der Waals surface area contributed by atoms with E-state index in [1.54, 1.807) is 6.07 Å². The molecule has 1 aromatic rings. The molecular weight excluding hydrogens is 362 g/mol. The molecule has 2 aliphatic rings. The van der Waals surface area contributed by atoms with Crippen molar-refractivity contribution in [2.75, 3.05) is 0 Å². The standard InChI is InChI=1S/C25H35NO3/c1-5-6-7-8-17-14-21(27)23(20-13-16(4)9-12-19(20)15(2)3)24(28)22(17)25(29)26-18-10-11-18/h13-14,18-20,27-28H,2,5-12H2,1,3-4H3,(H,26,29). The van der Waals surface area contributed by atoms with Crippen LogP contribution in [0.3, 0.4) is 0 Å². The average Bonchev–Trinajstić information content (AvgIpc) is 3.45. The number of carbonyl (C=O) groups is 1. The number of carbonyl (C=O) groups excluding carboxylic acids is 1. The molecular formula is C25H35NO3. The molecule has 0 heterocycles. The Kier molecular flexibility index (Phi) is 6.71. The van der Waals surface area contributed by atoms with E-state index in [-0.39, 0.29) is 35.3 Å². The minimum absolute atomic E-state index is 0.0585. The molecule has 2 atom stereocenters. The van der Waals surface area contributed by atoms with Gasteiger partial charge in [0.1, 0.15) is 11.5 Å². The predicted octanol–water partition coefficient (Wildman–Crippen LogP) is 5.74. The van der Waals surface area contributed by atoms with Gasteiger partial charge in [0.15, 0.2) is 0 Å². The highest BCUT2D eigenvalue weighted by atomic mass is 16.3. The first-order valence-corrected chi connectivity index (χ1v) is 11.0. The topological polar surface area (TPSA) is 69.6 Å². The number of hydrogen-bond donors (Lipinski definition) is 3. The quantitative estimate of drug-likeness (QED) is 0.387. The van der Waals surface area contributed by atoms with Gasteiger partial charge in [-0.3, -0.25) is 4.79 Å². The van der Waals surface area contributed by atoms with Crippen molar-refractivity contribution in [3.8, 4) is 11.5 Å². The lowest BCUT2D eigenvalue weighted by molar-refractivity contribution is 0.0947. The molecule has 1 saturated carbocycles. The van der Waals surface area contributed by atoms with E-state index in [0.29, 0.717) is 17.5 Å². The van der Waals surface area contributed by atoms with E-state index >= 15 is 0 Å². The van der Waals surface area contributed by atoms with Crippen LogP contribution in [0.2, 0.25) is 0 Å². The van der Waals surface area contributed by atoms with Crippen molar-refractivity contribution in [3.63, 3.8) is 0 Å². The Balaban J connectivity index is 2.07. The summed E-state index contributed by atoms with van der Waals surface area (Å²) in [6, 6.07) is 1.92. The Hall–Kier alpha value is -2.23. The molecule has 0 spiro atoms. The smallest absolute Gasteiger partial charge is 0.255 e. The van der Waals surface area contributed by atoms with Gasteiger partial charge in [-0.15, -0.1) is 0 Å². The number of aromatic hydroxyl groups is 2. The van der Waals surface area contributed by atoms with Crippen LogP contribution in [-0.4, -0.2) is 22.2 Å². The van der Waals surface area contributed by atoms with E-state index in [1.807, 2.05) is 6.92 Å². The highest BCUT2D eigenvalue weighted by molar-refractivity contribution is 5.99. The summed E-state index contributed by atoms with van der Waals surface area (Å²) in [6.07, 6.45) is 9.75. The van der Waals surface area contributed by atoms with Crippen molar-refractivity contribution in [2.24, 2.45) is 5.92 Å². The summed E-state index contributed by atoms with van der Waals surface area (Å²) in [5.74, 6) is -0.226. The minimum Gasteiger partial charge on any atom is -0.507 e. The summed E-state index contributed by atoms with van der Waals surface area (Å²) in [6.45, 7) is 10.4. The van der Waals surface area contributed by atoms with Crippen LogP contribution in [0.5, 0.6) is 11.5 Å². The molecule has 4 heteroatoms. The molecule has 2 aliphatic carbocycles. The third kappa shape index (κ3) is 4.85. The summed E-state index contributed by atoms with van der Waals surface area (Å²) >= 11 is 0. The van der Waals surface area contributed by atoms with Crippen LogP contribution in [0.4, 0.5) is 0 Å². The molecule has 0 saturated heterocycles. The maximum atomic E-state index is 13.0. The molecule has 2 unspecified atom stereocenters. The molecule has 0 aromatic heterocycles. The first-order chi connectivity index (χ1) is 13.8. The number of phenols is 2. The number of rotatable bonds is 8. The molecule has 3 rings (SSSR count). The second-order valence-corrected chi connectivity index (χ2v) is 8.93. The summed E-state index contributed by atoms with van der Waals surface area (Å²) in [5.41, 5.74) is 3.82. The highest BCUT2D eigenvalue weighted by Gasteiger charge is 2.34. The highest BCUT2D eigenvalue weighted by Crippen LogP contribution is 2.48. The summed E-state index contributed by atoms with van der Waals surface area (Å²) in [7, 11) is 0. The fourth-order valence-electron chi connectivity index (χ4n) is 4.46. The lowest BCUT2D eigenvalue weighted by Gasteiger charge is -2.32. The summed E-state index contributed by atoms with van der Waals surface area (Å²) < 4.78 is 0. The van der Waals surface area contributed by atoms with E-state index in [4.69, 9.17) is 0 Å². The van der Waals surface area contributed by atoms with Crippen molar-refractivity contribution in [2.45, 2.75) is 84.1 Å². The molecule has 1 aromatic carbocycles. The van der Waals surface area contributed by atoms with Crippen LogP contribution >= 0.6 is 0 Å². The zero-order chi connectivity index (χ0) is 21.1. The molecule has 0 aliphatic heterocycles. The lowest BCUT2D eigenvalue weighted by atomic mass is 9.73. The second-order valence-electron chi connectivity index (χ2n) is 8.93. The van der Waals surface area contributed by atoms with Crippen LogP contribution in [-0.2, 0) is 6.42 Å². The van der Waals surface area contributed by atoms with Crippen LogP contribution in [0.15, 0.2) is 29.9 Å². The number of phenolic OH excluding ortho intramolecular Hbond substituents is 2. The molecule has 0 bridgehead atoms. The van der Waals surface area contributed by atoms with Crippen LogP contribution in [0, 0.1) is 5.92 Å². The van der Waals surface area contributed by atoms with Gasteiger partial charge in [0.2, 0.25) is 0 Å². The molecule has 1 amide bonds. The van der Waals surface area contributed by atoms with E-state index < -0.39 is 0 Å². The molecule has 4 nitrogen and oxygen atoms in total. The van der Waals surface area contributed by atoms with E-state index in [2.05, 4.69) is 31.8 Å². The van der Waals surface area contributed by atoms with Gasteiger partial charge < -0.3 is 15.5 Å².